The minimum atomic E-state index is -1.75. The van der Waals surface area contributed by atoms with Crippen molar-refractivity contribution in [3.8, 4) is 0 Å². The molecule has 176 valence electrons. The number of aliphatic hydroxyl groups excluding tert-OH is 2. The zero-order valence-corrected chi connectivity index (χ0v) is 19.0. The highest BCUT2D eigenvalue weighted by molar-refractivity contribution is 6.05. The van der Waals surface area contributed by atoms with Crippen molar-refractivity contribution in [2.45, 2.75) is 77.8 Å². The number of hydrogen-bond donors (Lipinski definition) is 2. The minimum Gasteiger partial charge on any atom is -0.462 e. The standard InChI is InChI=1S/C24H32O8/c1-11-14-8-15(31-12(2)26)19-23(10-25)16(9-17(28)24(19,20(11)29)21(14)30)22(4,5)7-6-18(23)32-13(3)27/h10,14-19,21,28,30H,1,6-9H2,2-5H3/t14-,15-,16+,17+,18+,19+,21+,23-,24+/m0/s1. The molecule has 4 fully saturated rings. The van der Waals surface area contributed by atoms with Crippen LogP contribution in [0.3, 0.4) is 0 Å². The molecule has 0 amide bonds. The zero-order chi connectivity index (χ0) is 23.8. The number of aliphatic hydroxyl groups is 2. The molecule has 0 saturated heterocycles. The van der Waals surface area contributed by atoms with Crippen LogP contribution in [0.2, 0.25) is 0 Å². The highest BCUT2D eigenvalue weighted by Crippen LogP contribution is 2.71. The Morgan fingerprint density at radius 1 is 1.12 bits per heavy atom. The number of ketones is 1. The molecule has 0 aromatic rings. The number of rotatable bonds is 3. The van der Waals surface area contributed by atoms with Gasteiger partial charge in [-0.3, -0.25) is 14.4 Å². The van der Waals surface area contributed by atoms with Crippen molar-refractivity contribution >= 4 is 24.0 Å². The van der Waals surface area contributed by atoms with Crippen molar-refractivity contribution in [2.24, 2.45) is 34.0 Å². The molecule has 2 bridgehead atoms. The number of carbonyl (C=O) groups excluding carboxylic acids is 4. The van der Waals surface area contributed by atoms with Crippen molar-refractivity contribution < 1.29 is 38.9 Å². The summed E-state index contributed by atoms with van der Waals surface area (Å²) >= 11 is 0. The minimum absolute atomic E-state index is 0.0790. The molecular formula is C24H32O8. The van der Waals surface area contributed by atoms with Gasteiger partial charge in [0.1, 0.15) is 18.5 Å². The summed E-state index contributed by atoms with van der Waals surface area (Å²) in [6.07, 6.45) is -2.36. The molecule has 0 aromatic carbocycles. The second-order valence-corrected chi connectivity index (χ2v) is 10.7. The Labute approximate surface area is 187 Å². The lowest BCUT2D eigenvalue weighted by molar-refractivity contribution is -0.271. The maximum absolute atomic E-state index is 13.6. The maximum Gasteiger partial charge on any atom is 0.302 e. The number of Topliss-reactive ketones (excluding diaryl/α,β-unsaturated/α-hetero) is 1. The summed E-state index contributed by atoms with van der Waals surface area (Å²) in [5.41, 5.74) is -3.42. The first-order chi connectivity index (χ1) is 14.8. The van der Waals surface area contributed by atoms with Crippen molar-refractivity contribution in [2.75, 3.05) is 0 Å². The van der Waals surface area contributed by atoms with Crippen molar-refractivity contribution in [1.82, 2.24) is 0 Å². The summed E-state index contributed by atoms with van der Waals surface area (Å²) < 4.78 is 11.4. The van der Waals surface area contributed by atoms with Crippen LogP contribution in [0.5, 0.6) is 0 Å². The summed E-state index contributed by atoms with van der Waals surface area (Å²) in [6, 6.07) is 0. The lowest BCUT2D eigenvalue weighted by atomic mass is 9.38. The van der Waals surface area contributed by atoms with Gasteiger partial charge in [0.15, 0.2) is 5.78 Å². The number of ether oxygens (including phenoxy) is 2. The molecule has 0 aliphatic heterocycles. The molecule has 0 radical (unpaired) electrons. The monoisotopic (exact) mass is 448 g/mol. The molecule has 1 spiro atoms. The maximum atomic E-state index is 13.6. The normalized spacial score (nSPS) is 46.6. The largest absolute Gasteiger partial charge is 0.462 e. The number of hydrogen-bond acceptors (Lipinski definition) is 8. The molecule has 4 aliphatic rings. The van der Waals surface area contributed by atoms with Crippen LogP contribution in [0.4, 0.5) is 0 Å². The van der Waals surface area contributed by atoms with Crippen LogP contribution in [0, 0.1) is 34.0 Å². The van der Waals surface area contributed by atoms with E-state index in [1.807, 2.05) is 13.8 Å². The van der Waals surface area contributed by atoms with Gasteiger partial charge in [-0.15, -0.1) is 0 Å². The van der Waals surface area contributed by atoms with Gasteiger partial charge in [0.25, 0.3) is 0 Å². The van der Waals surface area contributed by atoms with E-state index in [1.165, 1.54) is 13.8 Å². The first-order valence-corrected chi connectivity index (χ1v) is 11.3. The van der Waals surface area contributed by atoms with Crippen molar-refractivity contribution in [3.05, 3.63) is 12.2 Å². The Bertz CT molecular complexity index is 892. The molecule has 0 aromatic heterocycles. The van der Waals surface area contributed by atoms with Gasteiger partial charge in [-0.1, -0.05) is 20.4 Å². The summed E-state index contributed by atoms with van der Waals surface area (Å²) in [7, 11) is 0. The quantitative estimate of drug-likeness (QED) is 0.376. The smallest absolute Gasteiger partial charge is 0.302 e. The highest BCUT2D eigenvalue weighted by Gasteiger charge is 2.79. The van der Waals surface area contributed by atoms with E-state index in [4.69, 9.17) is 9.47 Å². The van der Waals surface area contributed by atoms with Crippen molar-refractivity contribution in [1.29, 1.82) is 0 Å². The predicted molar refractivity (Wildman–Crippen MR) is 111 cm³/mol. The fraction of sp³-hybridized carbons (Fsp3) is 0.750. The van der Waals surface area contributed by atoms with Crippen LogP contribution in [0.1, 0.15) is 53.4 Å². The predicted octanol–water partition coefficient (Wildman–Crippen LogP) is 1.36. The molecule has 8 nitrogen and oxygen atoms in total. The Morgan fingerprint density at radius 3 is 2.31 bits per heavy atom. The van der Waals surface area contributed by atoms with Gasteiger partial charge >= 0.3 is 11.9 Å². The van der Waals surface area contributed by atoms with Gasteiger partial charge in [-0.05, 0) is 42.6 Å². The summed E-state index contributed by atoms with van der Waals surface area (Å²) in [6.45, 7) is 10.4. The Balaban J connectivity index is 2.02. The fourth-order valence-corrected chi connectivity index (χ4v) is 7.79. The third-order valence-corrected chi connectivity index (χ3v) is 8.91. The lowest BCUT2D eigenvalue weighted by Crippen LogP contribution is -2.74. The van der Waals surface area contributed by atoms with Gasteiger partial charge in [0.05, 0.1) is 23.0 Å². The Hall–Kier alpha value is -2.06. The number of carbonyl (C=O) groups is 4. The lowest BCUT2D eigenvalue weighted by Gasteiger charge is -2.66. The van der Waals surface area contributed by atoms with E-state index in [0.29, 0.717) is 12.8 Å². The van der Waals surface area contributed by atoms with E-state index in [-0.39, 0.29) is 18.4 Å². The molecule has 4 aliphatic carbocycles. The van der Waals surface area contributed by atoms with E-state index < -0.39 is 76.1 Å². The van der Waals surface area contributed by atoms with Gasteiger partial charge in [0.2, 0.25) is 0 Å². The first kappa shape index (κ1) is 23.1. The average Bonchev–Trinajstić information content (AvgIpc) is 2.80. The van der Waals surface area contributed by atoms with E-state index in [1.54, 1.807) is 0 Å². The fourth-order valence-electron chi connectivity index (χ4n) is 7.79. The topological polar surface area (TPSA) is 127 Å². The van der Waals surface area contributed by atoms with E-state index >= 15 is 0 Å². The van der Waals surface area contributed by atoms with Crippen LogP contribution < -0.4 is 0 Å². The van der Waals surface area contributed by atoms with Gasteiger partial charge < -0.3 is 24.5 Å². The van der Waals surface area contributed by atoms with Crippen LogP contribution in [0.15, 0.2) is 12.2 Å². The molecular weight excluding hydrogens is 416 g/mol. The Kier molecular flexibility index (Phi) is 5.21. The van der Waals surface area contributed by atoms with E-state index in [9.17, 15) is 29.4 Å². The third-order valence-electron chi connectivity index (χ3n) is 8.91. The second-order valence-electron chi connectivity index (χ2n) is 10.7. The van der Waals surface area contributed by atoms with Gasteiger partial charge in [0, 0.05) is 25.7 Å². The highest BCUT2D eigenvalue weighted by atomic mass is 16.6. The molecule has 4 saturated carbocycles. The van der Waals surface area contributed by atoms with Gasteiger partial charge in [-0.25, -0.2) is 0 Å². The molecule has 32 heavy (non-hydrogen) atoms. The summed E-state index contributed by atoms with van der Waals surface area (Å²) in [4.78, 5) is 50.8. The van der Waals surface area contributed by atoms with E-state index in [2.05, 4.69) is 6.58 Å². The van der Waals surface area contributed by atoms with Crippen LogP contribution in [-0.4, -0.2) is 58.6 Å². The molecule has 0 unspecified atom stereocenters. The molecule has 0 heterocycles. The van der Waals surface area contributed by atoms with E-state index in [0.717, 1.165) is 6.29 Å². The molecule has 9 atom stereocenters. The molecule has 2 N–H and O–H groups in total. The van der Waals surface area contributed by atoms with Crippen LogP contribution >= 0.6 is 0 Å². The zero-order valence-electron chi connectivity index (χ0n) is 19.0. The third kappa shape index (κ3) is 2.68. The van der Waals surface area contributed by atoms with Crippen LogP contribution in [0.25, 0.3) is 0 Å². The number of aldehydes is 1. The Morgan fingerprint density at radius 2 is 1.75 bits per heavy atom. The van der Waals surface area contributed by atoms with Crippen molar-refractivity contribution in [3.63, 3.8) is 0 Å². The number of fused-ring (bicyclic) bond motifs is 3. The number of esters is 2. The SMILES string of the molecule is C=C1C(=O)[C@@]23[C@H](O)C[C@@H]4C(C)(C)CC[C@@H](OC(C)=O)[C@@]4(C=O)[C@H]2[C@@H](OC(C)=O)C[C@@H]1[C@H]3O. The molecule has 8 heteroatoms. The summed E-state index contributed by atoms with van der Waals surface area (Å²) in [5.74, 6) is -3.83. The average molecular weight is 449 g/mol. The summed E-state index contributed by atoms with van der Waals surface area (Å²) in [5, 5.41) is 22.8. The van der Waals surface area contributed by atoms with Crippen LogP contribution in [-0.2, 0) is 28.7 Å². The molecule has 4 rings (SSSR count). The first-order valence-electron chi connectivity index (χ1n) is 11.3. The van der Waals surface area contributed by atoms with Gasteiger partial charge in [-0.2, -0.15) is 0 Å². The second kappa shape index (κ2) is 7.22.